The summed E-state index contributed by atoms with van der Waals surface area (Å²) in [6, 6.07) is 12.1. The number of benzene rings is 1. The Kier molecular flexibility index (Phi) is 6.26. The van der Waals surface area contributed by atoms with Gasteiger partial charge in [0.05, 0.1) is 13.1 Å². The minimum atomic E-state index is 0.103. The van der Waals surface area contributed by atoms with Gasteiger partial charge in [0.15, 0.2) is 0 Å². The van der Waals surface area contributed by atoms with Crippen LogP contribution in [0.3, 0.4) is 0 Å². The molecule has 1 N–H and O–H groups in total. The molecule has 1 fully saturated rings. The molecule has 0 bridgehead atoms. The number of nitrogens with one attached hydrogen (secondary N) is 1. The molecule has 3 rings (SSSR count). The fraction of sp³-hybridized carbons (Fsp3) is 0.389. The summed E-state index contributed by atoms with van der Waals surface area (Å²) in [6.45, 7) is 5.83. The van der Waals surface area contributed by atoms with Gasteiger partial charge in [-0.05, 0) is 29.1 Å². The van der Waals surface area contributed by atoms with Gasteiger partial charge in [-0.15, -0.1) is 11.3 Å². The number of piperazine rings is 1. The summed E-state index contributed by atoms with van der Waals surface area (Å²) >= 11 is 7.71. The maximum atomic E-state index is 12.0. The molecule has 0 aliphatic carbocycles. The number of thiophene rings is 1. The first kappa shape index (κ1) is 17.4. The van der Waals surface area contributed by atoms with Crippen molar-refractivity contribution >= 4 is 28.8 Å². The van der Waals surface area contributed by atoms with E-state index in [9.17, 15) is 4.79 Å². The zero-order chi connectivity index (χ0) is 16.8. The van der Waals surface area contributed by atoms with Crippen LogP contribution in [0.15, 0.2) is 41.8 Å². The molecule has 2 aromatic rings. The molecule has 6 heteroatoms. The molecule has 0 saturated carbocycles. The molecule has 0 atom stereocenters. The number of hydrogen-bond acceptors (Lipinski definition) is 4. The summed E-state index contributed by atoms with van der Waals surface area (Å²) in [6.07, 6.45) is 0. The van der Waals surface area contributed by atoms with Crippen molar-refractivity contribution in [1.29, 1.82) is 0 Å². The van der Waals surface area contributed by atoms with E-state index in [4.69, 9.17) is 11.6 Å². The third-order valence-electron chi connectivity index (χ3n) is 4.17. The first-order valence-electron chi connectivity index (χ1n) is 8.17. The molecule has 4 nitrogen and oxygen atoms in total. The van der Waals surface area contributed by atoms with E-state index in [0.29, 0.717) is 13.1 Å². The second-order valence-electron chi connectivity index (χ2n) is 6.04. The van der Waals surface area contributed by atoms with E-state index in [-0.39, 0.29) is 5.91 Å². The maximum Gasteiger partial charge on any atom is 0.234 e. The number of nitrogens with zero attached hydrogens (tertiary/aromatic N) is 2. The van der Waals surface area contributed by atoms with Gasteiger partial charge in [0.25, 0.3) is 0 Å². The number of carbonyl (C=O) groups is 1. The van der Waals surface area contributed by atoms with Crippen LogP contribution in [0, 0.1) is 0 Å². The number of rotatable bonds is 6. The highest BCUT2D eigenvalue weighted by atomic mass is 35.5. The zero-order valence-corrected chi connectivity index (χ0v) is 15.2. The predicted octanol–water partition coefficient (Wildman–Crippen LogP) is 2.84. The van der Waals surface area contributed by atoms with Gasteiger partial charge < -0.3 is 5.32 Å². The zero-order valence-electron chi connectivity index (χ0n) is 13.6. The van der Waals surface area contributed by atoms with Crippen LogP contribution in [0.2, 0.25) is 5.02 Å². The van der Waals surface area contributed by atoms with Gasteiger partial charge in [-0.1, -0.05) is 29.8 Å². The molecule has 2 heterocycles. The third kappa shape index (κ3) is 5.31. The lowest BCUT2D eigenvalue weighted by Crippen LogP contribution is -2.49. The third-order valence-corrected chi connectivity index (χ3v) is 5.28. The van der Waals surface area contributed by atoms with Gasteiger partial charge in [0.2, 0.25) is 5.91 Å². The fourth-order valence-electron chi connectivity index (χ4n) is 2.86. The second-order valence-corrected chi connectivity index (χ2v) is 7.51. The predicted molar refractivity (Wildman–Crippen MR) is 99.3 cm³/mol. The SMILES string of the molecule is O=C(CN1CCN(Cc2cccc(Cl)c2)CC1)NCc1cccs1. The Morgan fingerprint density at radius 3 is 2.62 bits per heavy atom. The van der Waals surface area contributed by atoms with Crippen molar-refractivity contribution in [3.05, 3.63) is 57.2 Å². The topological polar surface area (TPSA) is 35.6 Å². The van der Waals surface area contributed by atoms with E-state index >= 15 is 0 Å². The molecule has 24 heavy (non-hydrogen) atoms. The number of carbonyl (C=O) groups excluding carboxylic acids is 1. The summed E-state index contributed by atoms with van der Waals surface area (Å²) in [5.74, 6) is 0.103. The lowest BCUT2D eigenvalue weighted by Gasteiger charge is -2.34. The average Bonchev–Trinajstić information content (AvgIpc) is 3.08. The molecule has 0 unspecified atom stereocenters. The lowest BCUT2D eigenvalue weighted by molar-refractivity contribution is -0.122. The summed E-state index contributed by atoms with van der Waals surface area (Å²) in [5.41, 5.74) is 1.24. The summed E-state index contributed by atoms with van der Waals surface area (Å²) in [5, 5.41) is 5.81. The first-order valence-corrected chi connectivity index (χ1v) is 9.43. The molecule has 0 radical (unpaired) electrons. The van der Waals surface area contributed by atoms with Crippen LogP contribution < -0.4 is 5.32 Å². The minimum Gasteiger partial charge on any atom is -0.350 e. The van der Waals surface area contributed by atoms with Crippen molar-refractivity contribution in [2.75, 3.05) is 32.7 Å². The second kappa shape index (κ2) is 8.62. The Morgan fingerprint density at radius 1 is 1.12 bits per heavy atom. The minimum absolute atomic E-state index is 0.103. The Balaban J connectivity index is 1.38. The lowest BCUT2D eigenvalue weighted by atomic mass is 10.2. The normalized spacial score (nSPS) is 16.2. The van der Waals surface area contributed by atoms with E-state index in [0.717, 1.165) is 37.7 Å². The van der Waals surface area contributed by atoms with Crippen LogP contribution in [-0.4, -0.2) is 48.4 Å². The largest absolute Gasteiger partial charge is 0.350 e. The quantitative estimate of drug-likeness (QED) is 0.857. The van der Waals surface area contributed by atoms with E-state index in [1.807, 2.05) is 35.7 Å². The maximum absolute atomic E-state index is 12.0. The molecule has 1 aliphatic rings. The average molecular weight is 364 g/mol. The van der Waals surface area contributed by atoms with Gasteiger partial charge in [-0.3, -0.25) is 14.6 Å². The monoisotopic (exact) mass is 363 g/mol. The highest BCUT2D eigenvalue weighted by Crippen LogP contribution is 2.14. The van der Waals surface area contributed by atoms with Crippen molar-refractivity contribution in [2.45, 2.75) is 13.1 Å². The highest BCUT2D eigenvalue weighted by Gasteiger charge is 2.19. The van der Waals surface area contributed by atoms with Crippen molar-refractivity contribution < 1.29 is 4.79 Å². The van der Waals surface area contributed by atoms with E-state index in [1.54, 1.807) is 11.3 Å². The molecule has 1 aromatic heterocycles. The van der Waals surface area contributed by atoms with Crippen LogP contribution in [-0.2, 0) is 17.9 Å². The number of amides is 1. The summed E-state index contributed by atoms with van der Waals surface area (Å²) < 4.78 is 0. The van der Waals surface area contributed by atoms with Crippen LogP contribution in [0.5, 0.6) is 0 Å². The van der Waals surface area contributed by atoms with Crippen LogP contribution in [0.25, 0.3) is 0 Å². The standard InChI is InChI=1S/C18H22ClN3OS/c19-16-4-1-3-15(11-16)13-21-6-8-22(9-7-21)14-18(23)20-12-17-5-2-10-24-17/h1-5,10-11H,6-9,12-14H2,(H,20,23). The molecule has 1 amide bonds. The summed E-state index contributed by atoms with van der Waals surface area (Å²) in [7, 11) is 0. The number of hydrogen-bond donors (Lipinski definition) is 1. The molecule has 128 valence electrons. The highest BCUT2D eigenvalue weighted by molar-refractivity contribution is 7.09. The van der Waals surface area contributed by atoms with Crippen LogP contribution >= 0.6 is 22.9 Å². The van der Waals surface area contributed by atoms with E-state index < -0.39 is 0 Å². The summed E-state index contributed by atoms with van der Waals surface area (Å²) in [4.78, 5) is 17.9. The van der Waals surface area contributed by atoms with Gasteiger partial charge in [0.1, 0.15) is 0 Å². The van der Waals surface area contributed by atoms with Gasteiger partial charge in [-0.25, -0.2) is 0 Å². The molecular weight excluding hydrogens is 342 g/mol. The van der Waals surface area contributed by atoms with Crippen LogP contribution in [0.1, 0.15) is 10.4 Å². The van der Waals surface area contributed by atoms with Gasteiger partial charge in [-0.2, -0.15) is 0 Å². The van der Waals surface area contributed by atoms with Gasteiger partial charge >= 0.3 is 0 Å². The van der Waals surface area contributed by atoms with Crippen molar-refractivity contribution in [2.24, 2.45) is 0 Å². The van der Waals surface area contributed by atoms with Gasteiger partial charge in [0, 0.05) is 42.6 Å². The fourth-order valence-corrected chi connectivity index (χ4v) is 3.71. The Labute approximate surface area is 152 Å². The molecule has 1 saturated heterocycles. The smallest absolute Gasteiger partial charge is 0.234 e. The van der Waals surface area contributed by atoms with E-state index in [2.05, 4.69) is 21.2 Å². The Hall–Kier alpha value is -1.40. The van der Waals surface area contributed by atoms with Crippen molar-refractivity contribution in [1.82, 2.24) is 15.1 Å². The number of halogens is 1. The van der Waals surface area contributed by atoms with E-state index in [1.165, 1.54) is 10.4 Å². The van der Waals surface area contributed by atoms with Crippen LogP contribution in [0.4, 0.5) is 0 Å². The molecule has 0 spiro atoms. The molecular formula is C18H22ClN3OS. The first-order chi connectivity index (χ1) is 11.7. The Morgan fingerprint density at radius 2 is 1.92 bits per heavy atom. The Bertz CT molecular complexity index is 654. The van der Waals surface area contributed by atoms with Crippen molar-refractivity contribution in [3.8, 4) is 0 Å². The van der Waals surface area contributed by atoms with Crippen molar-refractivity contribution in [3.63, 3.8) is 0 Å². The molecule has 1 aliphatic heterocycles. The molecule has 1 aromatic carbocycles.